The lowest BCUT2D eigenvalue weighted by atomic mass is 9.89. The summed E-state index contributed by atoms with van der Waals surface area (Å²) in [6, 6.07) is 23.0. The fraction of sp³-hybridized carbons (Fsp3) is 0.317. The number of hydrogen-bond donors (Lipinski definition) is 3. The third kappa shape index (κ3) is 9.13. The maximum atomic E-state index is 13.8. The number of carbonyl (C=O) groups is 3. The smallest absolute Gasteiger partial charge is 0.408 e. The largest absolute Gasteiger partial charge is 0.460 e. The summed E-state index contributed by atoms with van der Waals surface area (Å²) in [4.78, 5) is 41.1. The van der Waals surface area contributed by atoms with Crippen LogP contribution in [0, 0.1) is 13.8 Å². The van der Waals surface area contributed by atoms with Crippen LogP contribution < -0.4 is 21.0 Å². The molecule has 51 heavy (non-hydrogen) atoms. The second-order valence-corrected chi connectivity index (χ2v) is 13.3. The van der Waals surface area contributed by atoms with Gasteiger partial charge in [-0.25, -0.2) is 14.6 Å². The van der Waals surface area contributed by atoms with Gasteiger partial charge in [0.15, 0.2) is 0 Å². The average Bonchev–Trinajstić information content (AvgIpc) is 3.09. The lowest BCUT2D eigenvalue weighted by Gasteiger charge is -2.19. The molecule has 0 bridgehead atoms. The molecule has 0 aromatic heterocycles. The average molecular weight is 693 g/mol. The van der Waals surface area contributed by atoms with Gasteiger partial charge in [0, 0.05) is 40.4 Å². The summed E-state index contributed by atoms with van der Waals surface area (Å²) >= 11 is 0. The van der Waals surface area contributed by atoms with Crippen LogP contribution in [0.25, 0.3) is 33.4 Å². The zero-order valence-electron chi connectivity index (χ0n) is 30.3. The van der Waals surface area contributed by atoms with Gasteiger partial charge in [0.1, 0.15) is 43.2 Å². The number of carbonyl (C=O) groups excluding carboxylic acids is 3. The summed E-state index contributed by atoms with van der Waals surface area (Å²) in [6.45, 7) is 14.8. The molecule has 0 unspecified atom stereocenters. The summed E-state index contributed by atoms with van der Waals surface area (Å²) in [5.74, 6) is -0.338. The second kappa shape index (κ2) is 15.9. The van der Waals surface area contributed by atoms with Gasteiger partial charge >= 0.3 is 18.0 Å². The van der Waals surface area contributed by atoms with Crippen molar-refractivity contribution in [2.45, 2.75) is 67.3 Å². The molecule has 0 saturated carbocycles. The number of amides is 1. The van der Waals surface area contributed by atoms with Gasteiger partial charge in [-0.05, 0) is 88.9 Å². The number of alkyl carbamates (subject to hydrolysis) is 1. The van der Waals surface area contributed by atoms with Crippen molar-refractivity contribution in [1.82, 2.24) is 5.32 Å². The highest BCUT2D eigenvalue weighted by molar-refractivity contribution is 6.08. The minimum atomic E-state index is -0.691. The number of nitrogens with one attached hydrogen (secondary N) is 3. The first-order chi connectivity index (χ1) is 24.4. The van der Waals surface area contributed by atoms with Crippen molar-refractivity contribution >= 4 is 34.7 Å². The Morgan fingerprint density at radius 3 is 2.18 bits per heavy atom. The molecule has 0 spiro atoms. The quantitative estimate of drug-likeness (QED) is 0.0851. The summed E-state index contributed by atoms with van der Waals surface area (Å²) < 4.78 is 22.8. The molecule has 10 nitrogen and oxygen atoms in total. The predicted octanol–water partition coefficient (Wildman–Crippen LogP) is 6.18. The number of rotatable bonds is 11. The molecular formula is C41H46N3O7+. The Morgan fingerprint density at radius 2 is 1.51 bits per heavy atom. The number of fused-ring (bicyclic) bond motifs is 2. The molecule has 0 atom stereocenters. The molecule has 1 heterocycles. The van der Waals surface area contributed by atoms with Gasteiger partial charge in [0.2, 0.25) is 5.36 Å². The van der Waals surface area contributed by atoms with E-state index in [0.717, 1.165) is 68.5 Å². The Bertz CT molecular complexity index is 2090. The maximum absolute atomic E-state index is 13.8. The maximum Gasteiger partial charge on any atom is 0.408 e. The zero-order valence-corrected chi connectivity index (χ0v) is 30.3. The molecule has 1 aliphatic heterocycles. The first-order valence-corrected chi connectivity index (χ1v) is 17.2. The van der Waals surface area contributed by atoms with Crippen LogP contribution in [0.2, 0.25) is 0 Å². The summed E-state index contributed by atoms with van der Waals surface area (Å²) in [6.07, 6.45) is -0.691. The van der Waals surface area contributed by atoms with Gasteiger partial charge in [-0.2, -0.15) is 0 Å². The van der Waals surface area contributed by atoms with Crippen LogP contribution in [-0.2, 0) is 32.2 Å². The van der Waals surface area contributed by atoms with Crippen molar-refractivity contribution in [3.8, 4) is 22.5 Å². The molecule has 10 heteroatoms. The van der Waals surface area contributed by atoms with Crippen molar-refractivity contribution in [2.75, 3.05) is 25.0 Å². The number of hydrogen-bond acceptors (Lipinski definition) is 8. The highest BCUT2D eigenvalue weighted by atomic mass is 16.6. The molecule has 3 aromatic rings. The zero-order chi connectivity index (χ0) is 36.7. The minimum Gasteiger partial charge on any atom is -0.460 e. The van der Waals surface area contributed by atoms with Crippen molar-refractivity contribution < 1.29 is 38.0 Å². The van der Waals surface area contributed by atoms with Gasteiger partial charge in [-0.3, -0.25) is 4.79 Å². The molecule has 266 valence electrons. The summed E-state index contributed by atoms with van der Waals surface area (Å²) in [5.41, 5.74) is 7.67. The van der Waals surface area contributed by atoms with Crippen molar-refractivity contribution in [1.29, 1.82) is 0 Å². The van der Waals surface area contributed by atoms with E-state index in [9.17, 15) is 14.4 Å². The molecule has 3 aromatic carbocycles. The number of benzene rings is 4. The van der Waals surface area contributed by atoms with Crippen molar-refractivity contribution in [3.63, 3.8) is 0 Å². The number of ether oxygens (including phenoxy) is 3. The van der Waals surface area contributed by atoms with Crippen LogP contribution in [0.5, 0.6) is 0 Å². The van der Waals surface area contributed by atoms with Gasteiger partial charge in [-0.1, -0.05) is 42.5 Å². The Balaban J connectivity index is 1.36. The van der Waals surface area contributed by atoms with Crippen LogP contribution in [0.1, 0.15) is 67.2 Å². The van der Waals surface area contributed by atoms with E-state index in [-0.39, 0.29) is 19.8 Å². The van der Waals surface area contributed by atoms with Crippen molar-refractivity contribution in [3.05, 3.63) is 106 Å². The predicted molar refractivity (Wildman–Crippen MR) is 196 cm³/mol. The van der Waals surface area contributed by atoms with E-state index in [2.05, 4.69) is 55.5 Å². The molecule has 2 aliphatic rings. The minimum absolute atomic E-state index is 0.0263. The third-order valence-electron chi connectivity index (χ3n) is 8.13. The van der Waals surface area contributed by atoms with Crippen LogP contribution in [0.3, 0.4) is 0 Å². The van der Waals surface area contributed by atoms with Crippen LogP contribution in [0.4, 0.5) is 10.5 Å². The van der Waals surface area contributed by atoms with E-state index >= 15 is 0 Å². The molecule has 5 rings (SSSR count). The Morgan fingerprint density at radius 1 is 0.824 bits per heavy atom. The van der Waals surface area contributed by atoms with E-state index in [4.69, 9.17) is 18.6 Å². The monoisotopic (exact) mass is 692 g/mol. The molecule has 0 radical (unpaired) electrons. The molecule has 0 fully saturated rings. The molecule has 3 N–H and O–H groups in total. The normalized spacial score (nSPS) is 11.8. The third-order valence-corrected chi connectivity index (χ3v) is 8.13. The summed E-state index contributed by atoms with van der Waals surface area (Å²) in [7, 11) is 0. The standard InChI is InChI=1S/C41H45N3O7/c1-8-42-33-20-35-31(18-25(33)3)38(32-19-26(4)34(43-9-2)21-36(32)50-35)29-12-10-11-13-30(29)39(46)49-24-28-16-14-27(15-17-28)23-48-37(45)22-44-40(47)51-41(5,6)7/h10-21,42H,8-9,22-24H2,1-7H3,(H,44,47)/p+1. The Kier molecular flexibility index (Phi) is 11.4. The Hall–Kier alpha value is -5.64. The molecular weight excluding hydrogens is 646 g/mol. The van der Waals surface area contributed by atoms with Crippen LogP contribution in [-0.4, -0.2) is 43.3 Å². The van der Waals surface area contributed by atoms with Crippen molar-refractivity contribution in [2.24, 2.45) is 0 Å². The van der Waals surface area contributed by atoms with Gasteiger partial charge in [0.25, 0.3) is 0 Å². The van der Waals surface area contributed by atoms with E-state index in [0.29, 0.717) is 16.9 Å². The van der Waals surface area contributed by atoms with E-state index in [1.165, 1.54) is 0 Å². The van der Waals surface area contributed by atoms with Gasteiger partial charge in [-0.15, -0.1) is 0 Å². The van der Waals surface area contributed by atoms with Crippen LogP contribution >= 0.6 is 0 Å². The number of aryl methyl sites for hydroxylation is 2. The summed E-state index contributed by atoms with van der Waals surface area (Å²) in [5, 5.41) is 7.69. The second-order valence-electron chi connectivity index (χ2n) is 13.3. The molecule has 1 aliphatic carbocycles. The lowest BCUT2D eigenvalue weighted by molar-refractivity contribution is -0.496. The highest BCUT2D eigenvalue weighted by Gasteiger charge is 2.24. The molecule has 1 amide bonds. The lowest BCUT2D eigenvalue weighted by Crippen LogP contribution is -2.76. The number of esters is 2. The Labute approximate surface area is 298 Å². The van der Waals surface area contributed by atoms with E-state index in [1.807, 2.05) is 42.5 Å². The first kappa shape index (κ1) is 36.6. The van der Waals surface area contributed by atoms with Gasteiger partial charge < -0.3 is 29.3 Å². The van der Waals surface area contributed by atoms with Crippen LogP contribution in [0.15, 0.2) is 77.2 Å². The first-order valence-electron chi connectivity index (χ1n) is 17.2. The SMILES string of the molecule is CCNc1cc2oc3cc(=[NH+]CC)c(C)cc-3c(-c3ccccc3C(=O)OCc3ccc(COC(=O)CNC(=O)OC(C)(C)C)cc3)c2cc1C. The number of anilines is 1. The molecule has 0 saturated heterocycles. The highest BCUT2D eigenvalue weighted by Crippen LogP contribution is 2.43. The fourth-order valence-electron chi connectivity index (χ4n) is 5.76. The van der Waals surface area contributed by atoms with E-state index < -0.39 is 23.6 Å². The van der Waals surface area contributed by atoms with Gasteiger partial charge in [0.05, 0.1) is 11.6 Å². The van der Waals surface area contributed by atoms with E-state index in [1.54, 1.807) is 39.0 Å². The topological polar surface area (TPSA) is 130 Å². The fourth-order valence-corrected chi connectivity index (χ4v) is 5.76.